The topological polar surface area (TPSA) is 161 Å². The number of carbonyl (C=O) groups is 4. The minimum Gasteiger partial charge on any atom is -0.480 e. The lowest BCUT2D eigenvalue weighted by atomic mass is 10.2. The first kappa shape index (κ1) is 16.6. The molecule has 16 heavy (non-hydrogen) atoms. The molecular formula is C8H14N2O6. The zero-order valence-electron chi connectivity index (χ0n) is 8.84. The van der Waals surface area contributed by atoms with Crippen molar-refractivity contribution in [2.24, 2.45) is 11.5 Å². The summed E-state index contributed by atoms with van der Waals surface area (Å²) in [5.41, 5.74) is 9.62. The summed E-state index contributed by atoms with van der Waals surface area (Å²) in [7, 11) is 0. The third-order valence-corrected chi connectivity index (χ3v) is 1.41. The molecule has 0 rings (SSSR count). The Labute approximate surface area is 91.2 Å². The molecule has 0 aliphatic heterocycles. The van der Waals surface area contributed by atoms with Gasteiger partial charge in [-0.25, -0.2) is 0 Å². The molecule has 2 unspecified atom stereocenters. The van der Waals surface area contributed by atoms with E-state index in [0.717, 1.165) is 13.8 Å². The van der Waals surface area contributed by atoms with Crippen LogP contribution >= 0.6 is 0 Å². The molecule has 0 spiro atoms. The fraction of sp³-hybridized carbons (Fsp3) is 0.500. The quantitative estimate of drug-likeness (QED) is 0.405. The van der Waals surface area contributed by atoms with Crippen molar-refractivity contribution < 1.29 is 29.4 Å². The Morgan fingerprint density at radius 3 is 1.00 bits per heavy atom. The van der Waals surface area contributed by atoms with Crippen molar-refractivity contribution in [2.75, 3.05) is 0 Å². The van der Waals surface area contributed by atoms with E-state index in [9.17, 15) is 19.2 Å². The highest BCUT2D eigenvalue weighted by molar-refractivity contribution is 6.01. The Morgan fingerprint density at radius 1 is 0.812 bits per heavy atom. The SMILES string of the molecule is CC(=O)C(N)C(=O)O.CC(=O)C(N)C(=O)O. The van der Waals surface area contributed by atoms with Gasteiger partial charge in [-0.05, 0) is 13.8 Å². The van der Waals surface area contributed by atoms with Crippen molar-refractivity contribution in [3.8, 4) is 0 Å². The Hall–Kier alpha value is -1.80. The van der Waals surface area contributed by atoms with Gasteiger partial charge in [-0.15, -0.1) is 0 Å². The maximum Gasteiger partial charge on any atom is 0.328 e. The van der Waals surface area contributed by atoms with Crippen molar-refractivity contribution in [3.05, 3.63) is 0 Å². The first-order chi connectivity index (χ1) is 7.11. The van der Waals surface area contributed by atoms with Gasteiger partial charge in [-0.2, -0.15) is 0 Å². The van der Waals surface area contributed by atoms with Crippen molar-refractivity contribution >= 4 is 23.5 Å². The third-order valence-electron chi connectivity index (χ3n) is 1.41. The van der Waals surface area contributed by atoms with E-state index >= 15 is 0 Å². The summed E-state index contributed by atoms with van der Waals surface area (Å²) < 4.78 is 0. The molecule has 0 bridgehead atoms. The Bertz CT molecular complexity index is 243. The van der Waals surface area contributed by atoms with Gasteiger partial charge in [0.05, 0.1) is 0 Å². The average Bonchev–Trinajstić information content (AvgIpc) is 2.15. The molecule has 0 aliphatic carbocycles. The van der Waals surface area contributed by atoms with E-state index < -0.39 is 35.6 Å². The fourth-order valence-corrected chi connectivity index (χ4v) is 0.348. The predicted octanol–water partition coefficient (Wildman–Crippen LogP) is -2.03. The third kappa shape index (κ3) is 7.59. The van der Waals surface area contributed by atoms with Crippen LogP contribution in [-0.4, -0.2) is 45.8 Å². The molecule has 0 heterocycles. The smallest absolute Gasteiger partial charge is 0.328 e. The van der Waals surface area contributed by atoms with Crippen LogP contribution in [0.5, 0.6) is 0 Å². The zero-order valence-corrected chi connectivity index (χ0v) is 8.84. The molecule has 0 aromatic heterocycles. The minimum absolute atomic E-state index is 0.530. The van der Waals surface area contributed by atoms with Gasteiger partial charge >= 0.3 is 11.9 Å². The molecule has 0 saturated carbocycles. The second kappa shape index (κ2) is 7.49. The van der Waals surface area contributed by atoms with Crippen molar-refractivity contribution in [1.82, 2.24) is 0 Å². The summed E-state index contributed by atoms with van der Waals surface area (Å²) >= 11 is 0. The van der Waals surface area contributed by atoms with Gasteiger partial charge in [0, 0.05) is 0 Å². The van der Waals surface area contributed by atoms with Crippen LogP contribution in [0, 0.1) is 0 Å². The van der Waals surface area contributed by atoms with Gasteiger partial charge < -0.3 is 21.7 Å². The first-order valence-electron chi connectivity index (χ1n) is 4.09. The molecule has 8 heteroatoms. The lowest BCUT2D eigenvalue weighted by Gasteiger charge is -1.96. The van der Waals surface area contributed by atoms with E-state index in [0.29, 0.717) is 0 Å². The van der Waals surface area contributed by atoms with Crippen LogP contribution in [0.15, 0.2) is 0 Å². The number of rotatable bonds is 4. The lowest BCUT2D eigenvalue weighted by molar-refractivity contribution is -0.143. The number of hydrogen-bond acceptors (Lipinski definition) is 6. The van der Waals surface area contributed by atoms with Crippen LogP contribution in [0.4, 0.5) is 0 Å². The summed E-state index contributed by atoms with van der Waals surface area (Å²) in [6, 6.07) is -2.70. The Balaban J connectivity index is 0. The monoisotopic (exact) mass is 234 g/mol. The van der Waals surface area contributed by atoms with E-state index in [2.05, 4.69) is 0 Å². The molecule has 0 aromatic rings. The largest absolute Gasteiger partial charge is 0.480 e. The van der Waals surface area contributed by atoms with E-state index in [4.69, 9.17) is 21.7 Å². The van der Waals surface area contributed by atoms with Crippen LogP contribution < -0.4 is 11.5 Å². The molecule has 0 amide bonds. The van der Waals surface area contributed by atoms with Gasteiger partial charge in [-0.1, -0.05) is 0 Å². The zero-order chi connectivity index (χ0) is 13.5. The van der Waals surface area contributed by atoms with Crippen LogP contribution in [0.2, 0.25) is 0 Å². The summed E-state index contributed by atoms with van der Waals surface area (Å²) in [6.45, 7) is 2.28. The normalized spacial score (nSPS) is 12.8. The lowest BCUT2D eigenvalue weighted by Crippen LogP contribution is -2.36. The number of carboxylic acid groups (broad SMARTS) is 2. The molecule has 2 atom stereocenters. The standard InChI is InChI=1S/2C4H7NO3/c2*1-2(6)3(5)4(7)8/h2*3H,5H2,1H3,(H,7,8). The minimum atomic E-state index is -1.35. The second-order valence-corrected chi connectivity index (χ2v) is 2.85. The number of carbonyl (C=O) groups excluding carboxylic acids is 2. The molecule has 8 nitrogen and oxygen atoms in total. The van der Waals surface area contributed by atoms with Crippen molar-refractivity contribution in [2.45, 2.75) is 25.9 Å². The van der Waals surface area contributed by atoms with Gasteiger partial charge in [0.15, 0.2) is 23.7 Å². The van der Waals surface area contributed by atoms with Crippen LogP contribution in [-0.2, 0) is 19.2 Å². The summed E-state index contributed by atoms with van der Waals surface area (Å²) in [6.07, 6.45) is 0. The summed E-state index contributed by atoms with van der Waals surface area (Å²) in [5, 5.41) is 16.0. The Morgan fingerprint density at radius 2 is 1.00 bits per heavy atom. The number of hydrogen-bond donors (Lipinski definition) is 4. The van der Waals surface area contributed by atoms with Gasteiger partial charge in [-0.3, -0.25) is 19.2 Å². The maximum atomic E-state index is 10.1. The number of Topliss-reactive ketones (excluding diaryl/α,β-unsaturated/α-hetero) is 2. The molecule has 0 fully saturated rings. The summed E-state index contributed by atoms with van der Waals surface area (Å²) in [5.74, 6) is -3.62. The molecule has 0 radical (unpaired) electrons. The molecule has 0 aliphatic rings. The predicted molar refractivity (Wildman–Crippen MR) is 52.6 cm³/mol. The molecular weight excluding hydrogens is 220 g/mol. The van der Waals surface area contributed by atoms with Crippen LogP contribution in [0.25, 0.3) is 0 Å². The van der Waals surface area contributed by atoms with E-state index in [1.54, 1.807) is 0 Å². The van der Waals surface area contributed by atoms with Gasteiger partial charge in [0.2, 0.25) is 0 Å². The van der Waals surface area contributed by atoms with Crippen molar-refractivity contribution in [1.29, 1.82) is 0 Å². The second-order valence-electron chi connectivity index (χ2n) is 2.85. The molecule has 0 saturated heterocycles. The molecule has 6 N–H and O–H groups in total. The number of ketones is 2. The first-order valence-corrected chi connectivity index (χ1v) is 4.09. The Kier molecular flexibility index (Phi) is 7.78. The number of nitrogens with two attached hydrogens (primary N) is 2. The summed E-state index contributed by atoms with van der Waals surface area (Å²) in [4.78, 5) is 39.7. The number of carboxylic acids is 2. The van der Waals surface area contributed by atoms with Crippen molar-refractivity contribution in [3.63, 3.8) is 0 Å². The maximum absolute atomic E-state index is 10.1. The van der Waals surface area contributed by atoms with Gasteiger partial charge in [0.1, 0.15) is 0 Å². The van der Waals surface area contributed by atoms with Gasteiger partial charge in [0.25, 0.3) is 0 Å². The van der Waals surface area contributed by atoms with Crippen LogP contribution in [0.1, 0.15) is 13.8 Å². The molecule has 0 aromatic carbocycles. The molecule has 92 valence electrons. The van der Waals surface area contributed by atoms with Crippen LogP contribution in [0.3, 0.4) is 0 Å². The van der Waals surface area contributed by atoms with E-state index in [1.807, 2.05) is 0 Å². The average molecular weight is 234 g/mol. The highest BCUT2D eigenvalue weighted by atomic mass is 16.4. The van der Waals surface area contributed by atoms with E-state index in [1.165, 1.54) is 0 Å². The van der Waals surface area contributed by atoms with E-state index in [-0.39, 0.29) is 0 Å². The number of aliphatic carboxylic acids is 2. The highest BCUT2D eigenvalue weighted by Crippen LogP contribution is 1.78. The highest BCUT2D eigenvalue weighted by Gasteiger charge is 2.15. The fourth-order valence-electron chi connectivity index (χ4n) is 0.348.